The second kappa shape index (κ2) is 7.78. The predicted octanol–water partition coefficient (Wildman–Crippen LogP) is 3.92. The maximum atomic E-state index is 13.1. The summed E-state index contributed by atoms with van der Waals surface area (Å²) >= 11 is 9.29. The quantitative estimate of drug-likeness (QED) is 0.677. The summed E-state index contributed by atoms with van der Waals surface area (Å²) in [7, 11) is -3.76. The first-order valence-corrected chi connectivity index (χ1v) is 11.9. The van der Waals surface area contributed by atoms with E-state index >= 15 is 0 Å². The summed E-state index contributed by atoms with van der Waals surface area (Å²) in [6.07, 6.45) is 3.00. The molecule has 1 amide bonds. The molecule has 5 nitrogen and oxygen atoms in total. The van der Waals surface area contributed by atoms with Gasteiger partial charge in [0.05, 0.1) is 5.69 Å². The molecular formula is C20H20BrClN2O3S. The average molecular weight is 484 g/mol. The molecule has 0 bridgehead atoms. The minimum atomic E-state index is -3.76. The van der Waals surface area contributed by atoms with E-state index in [1.807, 2.05) is 18.2 Å². The van der Waals surface area contributed by atoms with Crippen LogP contribution in [0.3, 0.4) is 0 Å². The molecule has 0 radical (unpaired) electrons. The molecule has 1 aliphatic heterocycles. The zero-order chi connectivity index (χ0) is 19.9. The highest BCUT2D eigenvalue weighted by Crippen LogP contribution is 2.41. The van der Waals surface area contributed by atoms with Gasteiger partial charge >= 0.3 is 0 Å². The normalized spacial score (nSPS) is 16.3. The van der Waals surface area contributed by atoms with Crippen LogP contribution in [-0.4, -0.2) is 27.4 Å². The third-order valence-electron chi connectivity index (χ3n) is 5.09. The number of carbonyl (C=O) groups is 1. The van der Waals surface area contributed by atoms with E-state index < -0.39 is 10.0 Å². The molecule has 148 valence electrons. The van der Waals surface area contributed by atoms with Crippen molar-refractivity contribution in [3.63, 3.8) is 0 Å². The number of anilines is 1. The largest absolute Gasteiger partial charge is 0.310 e. The van der Waals surface area contributed by atoms with E-state index in [1.54, 1.807) is 23.1 Å². The number of hydrogen-bond donors (Lipinski definition) is 1. The highest BCUT2D eigenvalue weighted by molar-refractivity contribution is 9.10. The topological polar surface area (TPSA) is 66.5 Å². The lowest BCUT2D eigenvalue weighted by atomic mass is 10.2. The van der Waals surface area contributed by atoms with Gasteiger partial charge in [-0.15, -0.1) is 0 Å². The molecule has 0 saturated heterocycles. The van der Waals surface area contributed by atoms with Gasteiger partial charge in [0, 0.05) is 28.5 Å². The van der Waals surface area contributed by atoms with Gasteiger partial charge in [0.15, 0.2) is 0 Å². The molecule has 8 heteroatoms. The first kappa shape index (κ1) is 19.9. The van der Waals surface area contributed by atoms with Crippen LogP contribution in [0.1, 0.15) is 24.0 Å². The highest BCUT2D eigenvalue weighted by Gasteiger charge is 2.39. The number of carbonyl (C=O) groups excluding carboxylic acids is 1. The molecule has 1 heterocycles. The van der Waals surface area contributed by atoms with E-state index in [2.05, 4.69) is 20.7 Å². The molecule has 2 aromatic rings. The van der Waals surface area contributed by atoms with E-state index in [-0.39, 0.29) is 23.3 Å². The van der Waals surface area contributed by atoms with Crippen LogP contribution < -0.4 is 9.62 Å². The van der Waals surface area contributed by atoms with Crippen molar-refractivity contribution in [3.8, 4) is 0 Å². The van der Waals surface area contributed by atoms with Gasteiger partial charge in [0.25, 0.3) is 0 Å². The minimum Gasteiger partial charge on any atom is -0.310 e. The van der Waals surface area contributed by atoms with Gasteiger partial charge in [-0.1, -0.05) is 39.7 Å². The summed E-state index contributed by atoms with van der Waals surface area (Å²) in [6.45, 7) is 0.802. The van der Waals surface area contributed by atoms with Crippen molar-refractivity contribution in [2.75, 3.05) is 18.0 Å². The Morgan fingerprint density at radius 3 is 2.61 bits per heavy atom. The van der Waals surface area contributed by atoms with Crippen LogP contribution in [0.2, 0.25) is 5.02 Å². The van der Waals surface area contributed by atoms with Crippen molar-refractivity contribution in [2.45, 2.75) is 30.6 Å². The Balaban J connectivity index is 1.57. The highest BCUT2D eigenvalue weighted by atomic mass is 79.9. The van der Waals surface area contributed by atoms with Crippen molar-refractivity contribution in [1.29, 1.82) is 0 Å². The van der Waals surface area contributed by atoms with Crippen LogP contribution in [0.5, 0.6) is 0 Å². The van der Waals surface area contributed by atoms with Crippen LogP contribution in [0.4, 0.5) is 5.69 Å². The fourth-order valence-corrected chi connectivity index (χ4v) is 5.59. The van der Waals surface area contributed by atoms with E-state index in [1.165, 1.54) is 0 Å². The number of fused-ring (bicyclic) bond motifs is 1. The molecule has 1 N–H and O–H groups in total. The average Bonchev–Trinajstić information content (AvgIpc) is 3.42. The molecule has 0 aromatic heterocycles. The van der Waals surface area contributed by atoms with Crippen molar-refractivity contribution < 1.29 is 13.2 Å². The number of halogens is 2. The van der Waals surface area contributed by atoms with Gasteiger partial charge < -0.3 is 4.90 Å². The molecular weight excluding hydrogens is 464 g/mol. The predicted molar refractivity (Wildman–Crippen MR) is 113 cm³/mol. The van der Waals surface area contributed by atoms with E-state index in [0.29, 0.717) is 34.6 Å². The molecule has 0 atom stereocenters. The third kappa shape index (κ3) is 4.13. The monoisotopic (exact) mass is 482 g/mol. The lowest BCUT2D eigenvalue weighted by Gasteiger charge is -2.21. The van der Waals surface area contributed by atoms with Crippen molar-refractivity contribution >= 4 is 49.1 Å². The summed E-state index contributed by atoms with van der Waals surface area (Å²) in [4.78, 5) is 14.5. The second-order valence-corrected chi connectivity index (χ2v) is 10.3. The Bertz CT molecular complexity index is 1020. The van der Waals surface area contributed by atoms with Gasteiger partial charge in [0.1, 0.15) is 4.90 Å². The van der Waals surface area contributed by atoms with Crippen LogP contribution in [0.15, 0.2) is 45.8 Å². The fourth-order valence-electron chi connectivity index (χ4n) is 3.50. The molecule has 0 spiro atoms. The van der Waals surface area contributed by atoms with E-state index in [0.717, 1.165) is 24.0 Å². The fraction of sp³-hybridized carbons (Fsp3) is 0.350. The van der Waals surface area contributed by atoms with Crippen molar-refractivity contribution in [1.82, 2.24) is 4.72 Å². The van der Waals surface area contributed by atoms with Gasteiger partial charge in [-0.25, -0.2) is 13.1 Å². The molecule has 1 fully saturated rings. The van der Waals surface area contributed by atoms with Gasteiger partial charge in [-0.05, 0) is 61.1 Å². The zero-order valence-electron chi connectivity index (χ0n) is 15.1. The molecule has 2 aromatic carbocycles. The SMILES string of the molecule is O=C(C1CC1)N1CCc2cc(Br)cc(S(=O)(=O)NCCc3ccc(Cl)cc3)c21. The summed E-state index contributed by atoms with van der Waals surface area (Å²) in [5, 5.41) is 0.648. The van der Waals surface area contributed by atoms with Gasteiger partial charge in [0.2, 0.25) is 15.9 Å². The first-order chi connectivity index (χ1) is 13.3. The van der Waals surface area contributed by atoms with Gasteiger partial charge in [-0.3, -0.25) is 4.79 Å². The van der Waals surface area contributed by atoms with Crippen LogP contribution in [0.25, 0.3) is 0 Å². The first-order valence-electron chi connectivity index (χ1n) is 9.23. The number of nitrogens with zero attached hydrogens (tertiary/aromatic N) is 1. The lowest BCUT2D eigenvalue weighted by Crippen LogP contribution is -2.33. The van der Waals surface area contributed by atoms with Gasteiger partial charge in [-0.2, -0.15) is 0 Å². The molecule has 1 saturated carbocycles. The molecule has 0 unspecified atom stereocenters. The smallest absolute Gasteiger partial charge is 0.242 e. The Labute approximate surface area is 178 Å². The Morgan fingerprint density at radius 2 is 1.93 bits per heavy atom. The number of benzene rings is 2. The second-order valence-electron chi connectivity index (χ2n) is 7.20. The summed E-state index contributed by atoms with van der Waals surface area (Å²) in [5.74, 6) is 0.0849. The zero-order valence-corrected chi connectivity index (χ0v) is 18.3. The number of nitrogens with one attached hydrogen (secondary N) is 1. The maximum Gasteiger partial charge on any atom is 0.242 e. The van der Waals surface area contributed by atoms with Crippen molar-refractivity contribution in [2.24, 2.45) is 5.92 Å². The van der Waals surface area contributed by atoms with E-state index in [9.17, 15) is 13.2 Å². The Kier molecular flexibility index (Phi) is 5.53. The standard InChI is InChI=1S/C20H20BrClN2O3S/c21-16-11-15-8-10-24(20(25)14-3-4-14)19(15)18(12-16)28(26,27)23-9-7-13-1-5-17(22)6-2-13/h1-2,5-6,11-12,14,23H,3-4,7-10H2. The van der Waals surface area contributed by atoms with Crippen molar-refractivity contribution in [3.05, 3.63) is 57.0 Å². The van der Waals surface area contributed by atoms with E-state index in [4.69, 9.17) is 11.6 Å². The molecule has 4 rings (SSSR count). The van der Waals surface area contributed by atoms with Crippen LogP contribution in [-0.2, 0) is 27.7 Å². The molecule has 1 aliphatic carbocycles. The Hall–Kier alpha value is -1.41. The number of hydrogen-bond acceptors (Lipinski definition) is 3. The molecule has 2 aliphatic rings. The molecule has 28 heavy (non-hydrogen) atoms. The maximum absolute atomic E-state index is 13.1. The minimum absolute atomic E-state index is 0.0405. The number of amides is 1. The third-order valence-corrected chi connectivity index (χ3v) is 7.28. The summed E-state index contributed by atoms with van der Waals surface area (Å²) in [5.41, 5.74) is 2.43. The summed E-state index contributed by atoms with van der Waals surface area (Å²) < 4.78 is 29.5. The number of sulfonamides is 1. The number of rotatable bonds is 6. The van der Waals surface area contributed by atoms with Crippen LogP contribution >= 0.6 is 27.5 Å². The summed E-state index contributed by atoms with van der Waals surface area (Å²) in [6, 6.07) is 10.8. The Morgan fingerprint density at radius 1 is 1.21 bits per heavy atom. The lowest BCUT2D eigenvalue weighted by molar-refractivity contribution is -0.119. The van der Waals surface area contributed by atoms with Crippen LogP contribution in [0, 0.1) is 5.92 Å².